The average molecular weight is 296 g/mol. The third-order valence-corrected chi connectivity index (χ3v) is 5.91. The Balaban J connectivity index is 2.38. The average Bonchev–Trinajstić information content (AvgIpc) is 3.17. The summed E-state index contributed by atoms with van der Waals surface area (Å²) in [6.45, 7) is 5.16. The zero-order chi connectivity index (χ0) is 14.9. The molecule has 5 heteroatoms. The van der Waals surface area contributed by atoms with Crippen molar-refractivity contribution < 1.29 is 8.42 Å². The second-order valence-electron chi connectivity index (χ2n) is 5.80. The highest BCUT2D eigenvalue weighted by molar-refractivity contribution is 7.89. The Bertz CT molecular complexity index is 592. The molecule has 1 saturated carbocycles. The first-order valence-corrected chi connectivity index (χ1v) is 8.51. The molecule has 0 aromatic heterocycles. The van der Waals surface area contributed by atoms with E-state index in [9.17, 15) is 8.42 Å². The largest absolute Gasteiger partial charge is 0.316 e. The molecule has 0 radical (unpaired) electrons. The van der Waals surface area contributed by atoms with E-state index in [1.165, 1.54) is 4.31 Å². The number of hydrogen-bond acceptors (Lipinski definition) is 3. The van der Waals surface area contributed by atoms with Crippen molar-refractivity contribution in [1.29, 1.82) is 0 Å². The molecule has 1 aromatic rings. The van der Waals surface area contributed by atoms with E-state index in [4.69, 9.17) is 0 Å². The maximum Gasteiger partial charge on any atom is 0.243 e. The van der Waals surface area contributed by atoms with Crippen molar-refractivity contribution in [1.82, 2.24) is 9.62 Å². The van der Waals surface area contributed by atoms with Gasteiger partial charge in [-0.1, -0.05) is 6.07 Å². The van der Waals surface area contributed by atoms with E-state index in [0.29, 0.717) is 23.9 Å². The molecule has 20 heavy (non-hydrogen) atoms. The molecule has 0 aliphatic heterocycles. The topological polar surface area (TPSA) is 49.4 Å². The van der Waals surface area contributed by atoms with Crippen LogP contribution in [0, 0.1) is 19.8 Å². The first-order chi connectivity index (χ1) is 9.36. The number of benzene rings is 1. The van der Waals surface area contributed by atoms with Crippen LogP contribution in [0.15, 0.2) is 17.0 Å². The van der Waals surface area contributed by atoms with Gasteiger partial charge in [0.25, 0.3) is 0 Å². The van der Waals surface area contributed by atoms with Gasteiger partial charge in [0, 0.05) is 20.1 Å². The molecule has 1 N–H and O–H groups in total. The summed E-state index contributed by atoms with van der Waals surface area (Å²) in [6.07, 6.45) is 2.30. The Labute approximate surface area is 122 Å². The zero-order valence-electron chi connectivity index (χ0n) is 12.7. The first kappa shape index (κ1) is 15.5. The quantitative estimate of drug-likeness (QED) is 0.874. The van der Waals surface area contributed by atoms with Gasteiger partial charge in [-0.15, -0.1) is 0 Å². The van der Waals surface area contributed by atoms with Gasteiger partial charge in [0.1, 0.15) is 0 Å². The van der Waals surface area contributed by atoms with Gasteiger partial charge >= 0.3 is 0 Å². The minimum absolute atomic E-state index is 0.450. The summed E-state index contributed by atoms with van der Waals surface area (Å²) in [6, 6.07) is 3.85. The number of nitrogens with one attached hydrogen (secondary N) is 1. The fourth-order valence-electron chi connectivity index (χ4n) is 2.40. The van der Waals surface area contributed by atoms with Crippen LogP contribution >= 0.6 is 0 Å². The van der Waals surface area contributed by atoms with E-state index in [-0.39, 0.29) is 0 Å². The maximum absolute atomic E-state index is 12.7. The molecule has 1 aromatic carbocycles. The molecule has 1 fully saturated rings. The summed E-state index contributed by atoms with van der Waals surface area (Å²) in [7, 11) is 0.169. The van der Waals surface area contributed by atoms with E-state index in [2.05, 4.69) is 5.32 Å². The molecular formula is C15H24N2O2S. The highest BCUT2D eigenvalue weighted by Gasteiger charge is 2.30. The molecule has 4 nitrogen and oxygen atoms in total. The second-order valence-corrected chi connectivity index (χ2v) is 7.81. The fraction of sp³-hybridized carbons (Fsp3) is 0.600. The Kier molecular flexibility index (Phi) is 4.52. The van der Waals surface area contributed by atoms with Crippen LogP contribution in [0.5, 0.6) is 0 Å². The Hall–Kier alpha value is -0.910. The summed E-state index contributed by atoms with van der Waals surface area (Å²) in [5.41, 5.74) is 2.89. The van der Waals surface area contributed by atoms with Crippen LogP contribution in [-0.2, 0) is 16.6 Å². The van der Waals surface area contributed by atoms with Crippen molar-refractivity contribution in [2.24, 2.45) is 5.92 Å². The van der Waals surface area contributed by atoms with E-state index in [0.717, 1.165) is 29.5 Å². The van der Waals surface area contributed by atoms with E-state index < -0.39 is 10.0 Å². The summed E-state index contributed by atoms with van der Waals surface area (Å²) < 4.78 is 27.0. The molecule has 112 valence electrons. The lowest BCUT2D eigenvalue weighted by Crippen LogP contribution is -2.29. The van der Waals surface area contributed by atoms with Crippen LogP contribution in [0.2, 0.25) is 0 Å². The van der Waals surface area contributed by atoms with Gasteiger partial charge in [-0.25, -0.2) is 12.7 Å². The van der Waals surface area contributed by atoms with Crippen molar-refractivity contribution in [3.05, 3.63) is 28.8 Å². The molecule has 0 bridgehead atoms. The Morgan fingerprint density at radius 2 is 1.95 bits per heavy atom. The summed E-state index contributed by atoms with van der Waals surface area (Å²) >= 11 is 0. The van der Waals surface area contributed by atoms with Crippen molar-refractivity contribution in [3.8, 4) is 0 Å². The number of sulfonamides is 1. The number of rotatable bonds is 6. The van der Waals surface area contributed by atoms with Gasteiger partial charge < -0.3 is 5.32 Å². The monoisotopic (exact) mass is 296 g/mol. The summed E-state index contributed by atoms with van der Waals surface area (Å²) in [5, 5.41) is 3.07. The molecule has 0 saturated heterocycles. The third kappa shape index (κ3) is 3.22. The number of nitrogens with zero attached hydrogens (tertiary/aromatic N) is 1. The molecule has 0 unspecified atom stereocenters. The predicted molar refractivity (Wildman–Crippen MR) is 81.2 cm³/mol. The fourth-order valence-corrected chi connectivity index (χ4v) is 3.99. The Morgan fingerprint density at radius 3 is 2.50 bits per heavy atom. The smallest absolute Gasteiger partial charge is 0.243 e. The van der Waals surface area contributed by atoms with Crippen molar-refractivity contribution >= 4 is 10.0 Å². The highest BCUT2D eigenvalue weighted by Crippen LogP contribution is 2.32. The van der Waals surface area contributed by atoms with Gasteiger partial charge in [0.15, 0.2) is 0 Å². The van der Waals surface area contributed by atoms with E-state index in [1.54, 1.807) is 13.1 Å². The maximum atomic E-state index is 12.7. The van der Waals surface area contributed by atoms with Gasteiger partial charge in [-0.3, -0.25) is 0 Å². The number of aryl methyl sites for hydroxylation is 1. The molecule has 0 amide bonds. The third-order valence-electron chi connectivity index (χ3n) is 3.96. The van der Waals surface area contributed by atoms with E-state index in [1.807, 2.05) is 27.0 Å². The molecule has 1 aliphatic rings. The highest BCUT2D eigenvalue weighted by atomic mass is 32.2. The minimum Gasteiger partial charge on any atom is -0.316 e. The van der Waals surface area contributed by atoms with Crippen LogP contribution in [0.4, 0.5) is 0 Å². The lowest BCUT2D eigenvalue weighted by atomic mass is 10.1. The molecule has 0 heterocycles. The van der Waals surface area contributed by atoms with Gasteiger partial charge in [-0.05, 0) is 62.4 Å². The van der Waals surface area contributed by atoms with Gasteiger partial charge in [0.05, 0.1) is 4.90 Å². The molecule has 0 spiro atoms. The van der Waals surface area contributed by atoms with Crippen molar-refractivity contribution in [3.63, 3.8) is 0 Å². The van der Waals surface area contributed by atoms with Crippen LogP contribution < -0.4 is 5.32 Å². The lowest BCUT2D eigenvalue weighted by molar-refractivity contribution is 0.452. The van der Waals surface area contributed by atoms with Crippen LogP contribution in [0.1, 0.15) is 29.5 Å². The standard InChI is InChI=1S/C15H24N2O2S/c1-11-7-14(9-16-3)8-15(12(11)2)20(18,19)17(4)10-13-5-6-13/h7-8,13,16H,5-6,9-10H2,1-4H3. The van der Waals surface area contributed by atoms with Crippen LogP contribution in [-0.4, -0.2) is 33.4 Å². The normalized spacial score (nSPS) is 15.8. The Morgan fingerprint density at radius 1 is 1.30 bits per heavy atom. The van der Waals surface area contributed by atoms with Crippen molar-refractivity contribution in [2.45, 2.75) is 38.1 Å². The van der Waals surface area contributed by atoms with Gasteiger partial charge in [0.2, 0.25) is 10.0 Å². The molecule has 0 atom stereocenters. The SMILES string of the molecule is CNCc1cc(C)c(C)c(S(=O)(=O)N(C)CC2CC2)c1. The number of hydrogen-bond donors (Lipinski definition) is 1. The van der Waals surface area contributed by atoms with Gasteiger partial charge in [-0.2, -0.15) is 0 Å². The lowest BCUT2D eigenvalue weighted by Gasteiger charge is -2.20. The van der Waals surface area contributed by atoms with Crippen molar-refractivity contribution in [2.75, 3.05) is 20.6 Å². The molecule has 2 rings (SSSR count). The molecule has 1 aliphatic carbocycles. The van der Waals surface area contributed by atoms with E-state index >= 15 is 0 Å². The molecular weight excluding hydrogens is 272 g/mol. The van der Waals surface area contributed by atoms with Crippen LogP contribution in [0.3, 0.4) is 0 Å². The predicted octanol–water partition coefficient (Wildman–Crippen LogP) is 2.05. The summed E-state index contributed by atoms with van der Waals surface area (Å²) in [4.78, 5) is 0.450. The summed E-state index contributed by atoms with van der Waals surface area (Å²) in [5.74, 6) is 0.552. The zero-order valence-corrected chi connectivity index (χ0v) is 13.5. The van der Waals surface area contributed by atoms with Crippen LogP contribution in [0.25, 0.3) is 0 Å². The second kappa shape index (κ2) is 5.84. The first-order valence-electron chi connectivity index (χ1n) is 7.07. The minimum atomic E-state index is -3.38.